The van der Waals surface area contributed by atoms with Crippen LogP contribution in [0.15, 0.2) is 36.4 Å². The van der Waals surface area contributed by atoms with Gasteiger partial charge in [0.1, 0.15) is 17.0 Å². The smallest absolute Gasteiger partial charge is 0.329 e. The third-order valence-corrected chi connectivity index (χ3v) is 8.51. The summed E-state index contributed by atoms with van der Waals surface area (Å²) < 4.78 is 23.2. The molecule has 2 atom stereocenters. The number of carbonyl (C=O) groups is 2. The Kier molecular flexibility index (Phi) is 10.0. The first-order chi connectivity index (χ1) is 19.7. The summed E-state index contributed by atoms with van der Waals surface area (Å²) in [4.78, 5) is 27.7. The number of carboxylic acid groups (broad SMARTS) is 1. The number of nitrogens with zero attached hydrogens (tertiary/aromatic N) is 1. The highest BCUT2D eigenvalue weighted by molar-refractivity contribution is 6.33. The van der Waals surface area contributed by atoms with Gasteiger partial charge in [0.2, 0.25) is 0 Å². The van der Waals surface area contributed by atoms with Crippen LogP contribution in [0.25, 0.3) is 0 Å². The van der Waals surface area contributed by atoms with Crippen LogP contribution in [0.5, 0.6) is 11.5 Å². The first-order valence-corrected chi connectivity index (χ1v) is 14.6. The van der Waals surface area contributed by atoms with Gasteiger partial charge in [-0.1, -0.05) is 41.9 Å². The van der Waals surface area contributed by atoms with Crippen LogP contribution in [0.3, 0.4) is 0 Å². The van der Waals surface area contributed by atoms with Gasteiger partial charge in [-0.25, -0.2) is 9.59 Å². The average molecular weight is 589 g/mol. The van der Waals surface area contributed by atoms with Crippen LogP contribution in [-0.2, 0) is 14.3 Å². The lowest BCUT2D eigenvalue weighted by molar-refractivity contribution is -0.156. The molecular formula is C31H41ClN2O7. The molecule has 0 radical (unpaired) electrons. The topological polar surface area (TPSA) is 107 Å². The molecule has 2 fully saturated rings. The Balaban J connectivity index is 1.60. The maximum absolute atomic E-state index is 13.8. The molecule has 0 spiro atoms. The van der Waals surface area contributed by atoms with Crippen molar-refractivity contribution < 1.29 is 33.6 Å². The number of carboxylic acids is 1. The summed E-state index contributed by atoms with van der Waals surface area (Å²) in [5.41, 5.74) is 1.20. The monoisotopic (exact) mass is 588 g/mol. The molecule has 0 aliphatic heterocycles. The van der Waals surface area contributed by atoms with E-state index in [2.05, 4.69) is 5.32 Å². The standard InChI is InChI=1S/C31H41ClN2O7/c1-6-40-23-17-31(18-23,29(35)36)33-30(37)34(14-15-41-20(3)21-10-8-7-9-11-21)19(2)24-16-25(38-4)26(22-12-13-22)28(39-5)27(24)32/h7-11,16,19-20,22-23H,6,12-15,17-18H2,1-5H3,(H,33,37)(H,35,36). The highest BCUT2D eigenvalue weighted by Gasteiger charge is 2.53. The minimum absolute atomic E-state index is 0.193. The van der Waals surface area contributed by atoms with Crippen LogP contribution in [0, 0.1) is 0 Å². The molecule has 10 heteroatoms. The van der Waals surface area contributed by atoms with E-state index in [1.54, 1.807) is 19.1 Å². The number of ether oxygens (including phenoxy) is 4. The van der Waals surface area contributed by atoms with E-state index in [-0.39, 0.29) is 38.2 Å². The van der Waals surface area contributed by atoms with Crippen molar-refractivity contribution in [2.24, 2.45) is 0 Å². The SMILES string of the molecule is CCOC1CC(NC(=O)N(CCOC(C)c2ccccc2)C(C)c2cc(OC)c(C3CC3)c(OC)c2Cl)(C(=O)O)C1. The van der Waals surface area contributed by atoms with E-state index < -0.39 is 23.6 Å². The molecule has 224 valence electrons. The number of benzene rings is 2. The highest BCUT2D eigenvalue weighted by atomic mass is 35.5. The van der Waals surface area contributed by atoms with E-state index in [1.807, 2.05) is 57.2 Å². The first kappa shape index (κ1) is 30.9. The number of rotatable bonds is 14. The molecule has 0 aromatic heterocycles. The molecule has 9 nitrogen and oxygen atoms in total. The van der Waals surface area contributed by atoms with Gasteiger partial charge in [0.15, 0.2) is 0 Å². The van der Waals surface area contributed by atoms with Crippen molar-refractivity contribution in [3.05, 3.63) is 58.1 Å². The van der Waals surface area contributed by atoms with E-state index >= 15 is 0 Å². The molecule has 2 amide bonds. The molecule has 41 heavy (non-hydrogen) atoms. The second kappa shape index (κ2) is 13.3. The molecule has 2 saturated carbocycles. The zero-order chi connectivity index (χ0) is 29.7. The van der Waals surface area contributed by atoms with E-state index in [1.165, 1.54) is 0 Å². The highest BCUT2D eigenvalue weighted by Crippen LogP contribution is 2.53. The number of hydrogen-bond donors (Lipinski definition) is 2. The molecule has 2 aliphatic carbocycles. The number of aliphatic carboxylic acids is 1. The van der Waals surface area contributed by atoms with Crippen molar-refractivity contribution in [1.82, 2.24) is 10.2 Å². The Morgan fingerprint density at radius 1 is 1.15 bits per heavy atom. The fourth-order valence-corrected chi connectivity index (χ4v) is 5.93. The van der Waals surface area contributed by atoms with Crippen molar-refractivity contribution in [2.45, 2.75) is 76.2 Å². The first-order valence-electron chi connectivity index (χ1n) is 14.2. The number of methoxy groups -OCH3 is 2. The summed E-state index contributed by atoms with van der Waals surface area (Å²) in [7, 11) is 3.18. The van der Waals surface area contributed by atoms with E-state index in [0.29, 0.717) is 34.6 Å². The van der Waals surface area contributed by atoms with Gasteiger partial charge < -0.3 is 34.3 Å². The van der Waals surface area contributed by atoms with Gasteiger partial charge in [-0.3, -0.25) is 0 Å². The van der Waals surface area contributed by atoms with E-state index in [4.69, 9.17) is 30.5 Å². The molecule has 0 heterocycles. The summed E-state index contributed by atoms with van der Waals surface area (Å²) in [5.74, 6) is 0.440. The largest absolute Gasteiger partial charge is 0.496 e. The minimum atomic E-state index is -1.40. The molecular weight excluding hydrogens is 548 g/mol. The molecule has 4 rings (SSSR count). The number of halogens is 1. The lowest BCUT2D eigenvalue weighted by Crippen LogP contribution is -2.66. The average Bonchev–Trinajstić information content (AvgIpc) is 3.79. The summed E-state index contributed by atoms with van der Waals surface area (Å²) in [6, 6.07) is 10.6. The Hall–Kier alpha value is -3.01. The van der Waals surface area contributed by atoms with Crippen LogP contribution in [0.1, 0.15) is 81.2 Å². The Morgan fingerprint density at radius 2 is 1.83 bits per heavy atom. The lowest BCUT2D eigenvalue weighted by atomic mass is 9.74. The van der Waals surface area contributed by atoms with Gasteiger partial charge in [-0.15, -0.1) is 0 Å². The van der Waals surface area contributed by atoms with Gasteiger partial charge in [0.25, 0.3) is 0 Å². The predicted octanol–water partition coefficient (Wildman–Crippen LogP) is 6.11. The summed E-state index contributed by atoms with van der Waals surface area (Å²) in [5, 5.41) is 13.2. The maximum atomic E-state index is 13.8. The minimum Gasteiger partial charge on any atom is -0.496 e. The van der Waals surface area contributed by atoms with Gasteiger partial charge >= 0.3 is 12.0 Å². The van der Waals surface area contributed by atoms with Gasteiger partial charge in [-0.2, -0.15) is 0 Å². The number of urea groups is 1. The number of nitrogens with one attached hydrogen (secondary N) is 1. The second-order valence-corrected chi connectivity index (χ2v) is 11.2. The predicted molar refractivity (Wildman–Crippen MR) is 156 cm³/mol. The third-order valence-electron chi connectivity index (χ3n) is 8.12. The Bertz CT molecular complexity index is 1210. The quantitative estimate of drug-likeness (QED) is 0.274. The molecule has 2 aromatic rings. The van der Waals surface area contributed by atoms with Gasteiger partial charge in [-0.05, 0) is 51.2 Å². The molecule has 2 aromatic carbocycles. The molecule has 2 N–H and O–H groups in total. The molecule has 0 saturated heterocycles. The molecule has 2 aliphatic rings. The molecule has 2 unspecified atom stereocenters. The fourth-order valence-electron chi connectivity index (χ4n) is 5.54. The van der Waals surface area contributed by atoms with Gasteiger partial charge in [0, 0.05) is 37.1 Å². The normalized spacial score (nSPS) is 21.4. The Morgan fingerprint density at radius 3 is 2.39 bits per heavy atom. The van der Waals surface area contributed by atoms with Crippen molar-refractivity contribution in [3.63, 3.8) is 0 Å². The van der Waals surface area contributed by atoms with Crippen molar-refractivity contribution in [2.75, 3.05) is 34.0 Å². The lowest BCUT2D eigenvalue weighted by Gasteiger charge is -2.45. The van der Waals surface area contributed by atoms with Crippen molar-refractivity contribution in [1.29, 1.82) is 0 Å². The summed E-state index contributed by atoms with van der Waals surface area (Å²) >= 11 is 6.92. The zero-order valence-corrected chi connectivity index (χ0v) is 25.2. The summed E-state index contributed by atoms with van der Waals surface area (Å²) in [6.45, 7) is 6.57. The fraction of sp³-hybridized carbons (Fsp3) is 0.548. The molecule has 0 bridgehead atoms. The van der Waals surface area contributed by atoms with Crippen LogP contribution in [0.2, 0.25) is 5.02 Å². The van der Waals surface area contributed by atoms with Crippen LogP contribution < -0.4 is 14.8 Å². The number of carbonyl (C=O) groups excluding carboxylic acids is 1. The Labute approximate surface area is 247 Å². The maximum Gasteiger partial charge on any atom is 0.329 e. The van der Waals surface area contributed by atoms with E-state index in [0.717, 1.165) is 24.0 Å². The van der Waals surface area contributed by atoms with Gasteiger partial charge in [0.05, 0.1) is 44.1 Å². The van der Waals surface area contributed by atoms with Crippen LogP contribution >= 0.6 is 11.6 Å². The van der Waals surface area contributed by atoms with Crippen molar-refractivity contribution in [3.8, 4) is 11.5 Å². The van der Waals surface area contributed by atoms with Crippen molar-refractivity contribution >= 4 is 23.6 Å². The van der Waals surface area contributed by atoms with Crippen LogP contribution in [-0.4, -0.2) is 67.6 Å². The zero-order valence-electron chi connectivity index (χ0n) is 24.4. The van der Waals surface area contributed by atoms with E-state index in [9.17, 15) is 14.7 Å². The number of hydrogen-bond acceptors (Lipinski definition) is 6. The third kappa shape index (κ3) is 6.74. The van der Waals surface area contributed by atoms with Crippen LogP contribution in [0.4, 0.5) is 4.79 Å². The summed E-state index contributed by atoms with van der Waals surface area (Å²) in [6.07, 6.45) is 2.05. The second-order valence-electron chi connectivity index (χ2n) is 10.8. The number of amides is 2.